The van der Waals surface area contributed by atoms with E-state index in [1.54, 1.807) is 0 Å². The molecule has 2 heteroatoms. The van der Waals surface area contributed by atoms with E-state index in [0.29, 0.717) is 12.5 Å². The van der Waals surface area contributed by atoms with Crippen LogP contribution < -0.4 is 0 Å². The van der Waals surface area contributed by atoms with E-state index in [1.807, 2.05) is 12.2 Å². The molecule has 0 N–H and O–H groups in total. The maximum absolute atomic E-state index is 5.55. The summed E-state index contributed by atoms with van der Waals surface area (Å²) in [6.45, 7) is 3.66. The van der Waals surface area contributed by atoms with Gasteiger partial charge in [0.15, 0.2) is 0 Å². The molecule has 0 amide bonds. The molecule has 0 aliphatic heterocycles. The van der Waals surface area contributed by atoms with Gasteiger partial charge in [0.2, 0.25) is 0 Å². The van der Waals surface area contributed by atoms with Gasteiger partial charge in [0.05, 0.1) is 13.2 Å². The van der Waals surface area contributed by atoms with Crippen molar-refractivity contribution >= 4 is 11.6 Å². The van der Waals surface area contributed by atoms with Crippen molar-refractivity contribution in [3.05, 3.63) is 42.2 Å². The standard InChI is InChI=1S/C21H35ClO/c1-2-3-4-5-6-7-8-9-10-11-12-14-17-20-23-21-18-15-13-16-19-22/h9-10,12-14,18H,2-8,11,16-17,19-21H2,1H3/b10-9-,14-12-. The van der Waals surface area contributed by atoms with E-state index in [4.69, 9.17) is 16.3 Å². The molecule has 0 radical (unpaired) electrons. The molecule has 0 rings (SSSR count). The van der Waals surface area contributed by atoms with Crippen molar-refractivity contribution in [3.8, 4) is 0 Å². The highest BCUT2D eigenvalue weighted by Gasteiger charge is 1.87. The van der Waals surface area contributed by atoms with Crippen LogP contribution in [0.3, 0.4) is 0 Å². The second kappa shape index (κ2) is 21.2. The second-order valence-corrected chi connectivity index (χ2v) is 6.03. The number of ether oxygens (including phenoxy) is 1. The van der Waals surface area contributed by atoms with Crippen LogP contribution in [0.2, 0.25) is 0 Å². The summed E-state index contributed by atoms with van der Waals surface area (Å²) in [6.07, 6.45) is 25.2. The lowest BCUT2D eigenvalue weighted by Crippen LogP contribution is -1.91. The Labute approximate surface area is 149 Å². The Morgan fingerprint density at radius 2 is 1.57 bits per heavy atom. The molecular weight excluding hydrogens is 304 g/mol. The zero-order chi connectivity index (χ0) is 16.8. The average Bonchev–Trinajstić information content (AvgIpc) is 2.57. The molecule has 0 spiro atoms. The molecule has 0 aromatic heterocycles. The van der Waals surface area contributed by atoms with Crippen LogP contribution in [0.5, 0.6) is 0 Å². The molecule has 0 aromatic rings. The highest BCUT2D eigenvalue weighted by molar-refractivity contribution is 6.17. The van der Waals surface area contributed by atoms with Crippen LogP contribution in [-0.2, 0) is 4.74 Å². The summed E-state index contributed by atoms with van der Waals surface area (Å²) in [5.41, 5.74) is 3.05. The Hall–Kier alpha value is -0.750. The van der Waals surface area contributed by atoms with E-state index < -0.39 is 0 Å². The molecule has 132 valence electrons. The van der Waals surface area contributed by atoms with Crippen molar-refractivity contribution in [3.63, 3.8) is 0 Å². The van der Waals surface area contributed by atoms with Gasteiger partial charge in [0.1, 0.15) is 0 Å². The quantitative estimate of drug-likeness (QED) is 0.127. The van der Waals surface area contributed by atoms with E-state index >= 15 is 0 Å². The van der Waals surface area contributed by atoms with E-state index in [-0.39, 0.29) is 0 Å². The van der Waals surface area contributed by atoms with Gasteiger partial charge in [0.25, 0.3) is 0 Å². The molecule has 0 aliphatic rings. The van der Waals surface area contributed by atoms with Gasteiger partial charge in [0, 0.05) is 5.88 Å². The summed E-state index contributed by atoms with van der Waals surface area (Å²) in [5.74, 6) is 0.653. The number of unbranched alkanes of at least 4 members (excludes halogenated alkanes) is 6. The lowest BCUT2D eigenvalue weighted by molar-refractivity contribution is 0.167. The van der Waals surface area contributed by atoms with Crippen molar-refractivity contribution in [2.75, 3.05) is 19.1 Å². The molecular formula is C21H35ClO. The van der Waals surface area contributed by atoms with Crippen molar-refractivity contribution in [1.29, 1.82) is 0 Å². The third-order valence-electron chi connectivity index (χ3n) is 3.45. The number of halogens is 1. The van der Waals surface area contributed by atoms with Gasteiger partial charge >= 0.3 is 0 Å². The van der Waals surface area contributed by atoms with Gasteiger partial charge in [-0.2, -0.15) is 0 Å². The predicted octanol–water partition coefficient (Wildman–Crippen LogP) is 6.99. The van der Waals surface area contributed by atoms with Gasteiger partial charge in [-0.05, 0) is 44.3 Å². The number of hydrogen-bond donors (Lipinski definition) is 0. The van der Waals surface area contributed by atoms with Gasteiger partial charge in [-0.25, -0.2) is 0 Å². The zero-order valence-electron chi connectivity index (χ0n) is 14.9. The first-order chi connectivity index (χ1) is 11.4. The summed E-state index contributed by atoms with van der Waals surface area (Å²) in [7, 11) is 0. The zero-order valence-corrected chi connectivity index (χ0v) is 15.7. The lowest BCUT2D eigenvalue weighted by Gasteiger charge is -1.97. The van der Waals surface area contributed by atoms with Gasteiger partial charge < -0.3 is 4.74 Å². The summed E-state index contributed by atoms with van der Waals surface area (Å²) in [6, 6.07) is 0. The first-order valence-electron chi connectivity index (χ1n) is 9.25. The van der Waals surface area contributed by atoms with Crippen molar-refractivity contribution in [1.82, 2.24) is 0 Å². The summed E-state index contributed by atoms with van der Waals surface area (Å²) in [5, 5.41) is 0. The van der Waals surface area contributed by atoms with Crippen LogP contribution in [0, 0.1) is 0 Å². The number of hydrogen-bond acceptors (Lipinski definition) is 1. The molecule has 23 heavy (non-hydrogen) atoms. The third kappa shape index (κ3) is 21.2. The fourth-order valence-corrected chi connectivity index (χ4v) is 2.22. The second-order valence-electron chi connectivity index (χ2n) is 5.65. The van der Waals surface area contributed by atoms with E-state index in [1.165, 1.54) is 44.9 Å². The monoisotopic (exact) mass is 338 g/mol. The largest absolute Gasteiger partial charge is 0.376 e. The van der Waals surface area contributed by atoms with Crippen LogP contribution in [0.4, 0.5) is 0 Å². The fourth-order valence-electron chi connectivity index (χ4n) is 2.11. The summed E-state index contributed by atoms with van der Waals surface area (Å²) >= 11 is 5.55. The molecule has 0 atom stereocenters. The van der Waals surface area contributed by atoms with Crippen molar-refractivity contribution < 1.29 is 4.74 Å². The molecule has 0 aromatic carbocycles. The molecule has 1 nitrogen and oxygen atoms in total. The Morgan fingerprint density at radius 3 is 2.35 bits per heavy atom. The third-order valence-corrected chi connectivity index (χ3v) is 3.67. The molecule has 0 unspecified atom stereocenters. The Kier molecular flexibility index (Phi) is 20.6. The molecule has 0 heterocycles. The number of alkyl halides is 1. The minimum atomic E-state index is 0.630. The van der Waals surface area contributed by atoms with Crippen molar-refractivity contribution in [2.45, 2.75) is 71.1 Å². The van der Waals surface area contributed by atoms with Crippen LogP contribution >= 0.6 is 11.6 Å². The van der Waals surface area contributed by atoms with Crippen LogP contribution in [-0.4, -0.2) is 19.1 Å². The van der Waals surface area contributed by atoms with Gasteiger partial charge in [-0.15, -0.1) is 17.3 Å². The molecule has 0 saturated heterocycles. The minimum absolute atomic E-state index is 0.630. The molecule has 0 saturated carbocycles. The first-order valence-corrected chi connectivity index (χ1v) is 9.78. The van der Waals surface area contributed by atoms with E-state index in [0.717, 1.165) is 25.9 Å². The Balaban J connectivity index is 3.27. The highest BCUT2D eigenvalue weighted by atomic mass is 35.5. The summed E-state index contributed by atoms with van der Waals surface area (Å²) in [4.78, 5) is 0. The number of rotatable bonds is 16. The average molecular weight is 339 g/mol. The van der Waals surface area contributed by atoms with Crippen molar-refractivity contribution in [2.24, 2.45) is 0 Å². The topological polar surface area (TPSA) is 9.23 Å². The Bertz CT molecular complexity index is 338. The van der Waals surface area contributed by atoms with Gasteiger partial charge in [-0.1, -0.05) is 63.3 Å². The SMILES string of the molecule is CCCCCCCC/C=C\C/C=C\CCOCC=C=CCCCl. The summed E-state index contributed by atoms with van der Waals surface area (Å²) < 4.78 is 5.47. The smallest absolute Gasteiger partial charge is 0.0721 e. The molecule has 0 aliphatic carbocycles. The van der Waals surface area contributed by atoms with Crippen LogP contribution in [0.25, 0.3) is 0 Å². The normalized spacial score (nSPS) is 11.2. The predicted molar refractivity (Wildman–Crippen MR) is 104 cm³/mol. The highest BCUT2D eigenvalue weighted by Crippen LogP contribution is 2.07. The lowest BCUT2D eigenvalue weighted by atomic mass is 10.1. The fraction of sp³-hybridized carbons (Fsp3) is 0.667. The molecule has 0 bridgehead atoms. The van der Waals surface area contributed by atoms with E-state index in [9.17, 15) is 0 Å². The van der Waals surface area contributed by atoms with E-state index in [2.05, 4.69) is 37.0 Å². The number of allylic oxidation sites excluding steroid dienone is 3. The molecule has 0 fully saturated rings. The maximum Gasteiger partial charge on any atom is 0.0721 e. The minimum Gasteiger partial charge on any atom is -0.376 e. The van der Waals surface area contributed by atoms with Gasteiger partial charge in [-0.3, -0.25) is 0 Å². The van der Waals surface area contributed by atoms with Crippen LogP contribution in [0.1, 0.15) is 71.1 Å². The van der Waals surface area contributed by atoms with Crippen LogP contribution in [0.15, 0.2) is 42.2 Å². The Morgan fingerprint density at radius 1 is 0.826 bits per heavy atom. The first kappa shape index (κ1) is 22.2. The maximum atomic E-state index is 5.55.